The number of ether oxygens (including phenoxy) is 1. The van der Waals surface area contributed by atoms with Crippen molar-refractivity contribution in [3.8, 4) is 5.75 Å². The number of benzene rings is 1. The van der Waals surface area contributed by atoms with Gasteiger partial charge in [-0.1, -0.05) is 18.2 Å². The van der Waals surface area contributed by atoms with Crippen LogP contribution in [0, 0.1) is 0 Å². The monoisotopic (exact) mass is 238 g/mol. The molecule has 0 spiro atoms. The molecule has 94 valence electrons. The molecular weight excluding hydrogens is 220 g/mol. The maximum absolute atomic E-state index is 10.8. The summed E-state index contributed by atoms with van der Waals surface area (Å²) in [6, 6.07) is 5.89. The summed E-state index contributed by atoms with van der Waals surface area (Å²) >= 11 is 0. The van der Waals surface area contributed by atoms with Crippen LogP contribution in [0.5, 0.6) is 5.75 Å². The lowest BCUT2D eigenvalue weighted by atomic mass is 10.1. The molecule has 0 aliphatic heterocycles. The maximum atomic E-state index is 10.8. The van der Waals surface area contributed by atoms with Crippen molar-refractivity contribution in [1.82, 2.24) is 4.90 Å². The molecule has 3 N–H and O–H groups in total. The van der Waals surface area contributed by atoms with E-state index in [9.17, 15) is 4.79 Å². The van der Waals surface area contributed by atoms with Gasteiger partial charge in [0.05, 0.1) is 0 Å². The van der Waals surface area contributed by atoms with Crippen molar-refractivity contribution in [3.63, 3.8) is 0 Å². The van der Waals surface area contributed by atoms with Crippen molar-refractivity contribution in [3.05, 3.63) is 29.8 Å². The number of rotatable bonds is 6. The second-order valence-corrected chi connectivity index (χ2v) is 4.01. The highest BCUT2D eigenvalue weighted by Crippen LogP contribution is 2.23. The van der Waals surface area contributed by atoms with Crippen molar-refractivity contribution in [2.75, 3.05) is 27.2 Å². The largest absolute Gasteiger partial charge is 0.492 e. The van der Waals surface area contributed by atoms with E-state index in [-0.39, 0.29) is 0 Å². The van der Waals surface area contributed by atoms with Gasteiger partial charge < -0.3 is 20.5 Å². The van der Waals surface area contributed by atoms with Gasteiger partial charge in [0.15, 0.2) is 0 Å². The molecule has 5 nitrogen and oxygen atoms in total. The minimum atomic E-state index is -1.06. The number of carboxylic acids is 1. The van der Waals surface area contributed by atoms with E-state index in [0.29, 0.717) is 17.9 Å². The Morgan fingerprint density at radius 3 is 2.71 bits per heavy atom. The molecule has 1 aromatic rings. The summed E-state index contributed by atoms with van der Waals surface area (Å²) in [5.74, 6) is -0.530. The van der Waals surface area contributed by atoms with Crippen LogP contribution < -0.4 is 10.5 Å². The van der Waals surface area contributed by atoms with Gasteiger partial charge in [-0.3, -0.25) is 4.79 Å². The first-order valence-electron chi connectivity index (χ1n) is 5.37. The van der Waals surface area contributed by atoms with E-state index in [1.807, 2.05) is 19.0 Å². The van der Waals surface area contributed by atoms with Gasteiger partial charge in [0.2, 0.25) is 0 Å². The lowest BCUT2D eigenvalue weighted by Gasteiger charge is -2.15. The fourth-order valence-electron chi connectivity index (χ4n) is 1.34. The SMILES string of the molecule is CN(C)CCOc1ccccc1C(N)C(=O)O. The zero-order valence-electron chi connectivity index (χ0n) is 10.1. The molecule has 1 atom stereocenters. The molecular formula is C12H18N2O3. The normalized spacial score (nSPS) is 12.5. The predicted molar refractivity (Wildman–Crippen MR) is 65.1 cm³/mol. The minimum absolute atomic E-state index is 0.496. The zero-order chi connectivity index (χ0) is 12.8. The highest BCUT2D eigenvalue weighted by molar-refractivity contribution is 5.76. The Kier molecular flexibility index (Phi) is 4.93. The summed E-state index contributed by atoms with van der Waals surface area (Å²) in [6.07, 6.45) is 0. The van der Waals surface area contributed by atoms with Crippen molar-refractivity contribution >= 4 is 5.97 Å². The Hall–Kier alpha value is -1.59. The van der Waals surface area contributed by atoms with Gasteiger partial charge in [-0.25, -0.2) is 0 Å². The van der Waals surface area contributed by atoms with Crippen LogP contribution >= 0.6 is 0 Å². The van der Waals surface area contributed by atoms with E-state index in [1.54, 1.807) is 24.3 Å². The van der Waals surface area contributed by atoms with Crippen molar-refractivity contribution in [2.24, 2.45) is 5.73 Å². The van der Waals surface area contributed by atoms with Crippen LogP contribution in [0.15, 0.2) is 24.3 Å². The molecule has 0 amide bonds. The van der Waals surface area contributed by atoms with Gasteiger partial charge in [-0.15, -0.1) is 0 Å². The average molecular weight is 238 g/mol. The van der Waals surface area contributed by atoms with E-state index < -0.39 is 12.0 Å². The molecule has 0 aliphatic carbocycles. The molecule has 0 aromatic heterocycles. The number of carbonyl (C=O) groups is 1. The van der Waals surface area contributed by atoms with Crippen LogP contribution in [-0.2, 0) is 4.79 Å². The number of nitrogens with two attached hydrogens (primary N) is 1. The van der Waals surface area contributed by atoms with Crippen molar-refractivity contribution in [2.45, 2.75) is 6.04 Å². The average Bonchev–Trinajstić information content (AvgIpc) is 2.28. The quantitative estimate of drug-likeness (QED) is 0.763. The predicted octanol–water partition coefficient (Wildman–Crippen LogP) is 0.711. The molecule has 1 rings (SSSR count). The third kappa shape index (κ3) is 4.05. The van der Waals surface area contributed by atoms with Gasteiger partial charge in [0.1, 0.15) is 18.4 Å². The molecule has 0 saturated heterocycles. The second-order valence-electron chi connectivity index (χ2n) is 4.01. The first-order chi connectivity index (χ1) is 8.02. The lowest BCUT2D eigenvalue weighted by Crippen LogP contribution is -2.23. The molecule has 0 heterocycles. The number of para-hydroxylation sites is 1. The van der Waals surface area contributed by atoms with E-state index in [0.717, 1.165) is 6.54 Å². The summed E-state index contributed by atoms with van der Waals surface area (Å²) in [5, 5.41) is 8.88. The van der Waals surface area contributed by atoms with Crippen LogP contribution in [0.3, 0.4) is 0 Å². The van der Waals surface area contributed by atoms with Gasteiger partial charge >= 0.3 is 5.97 Å². The van der Waals surface area contributed by atoms with Crippen molar-refractivity contribution < 1.29 is 14.6 Å². The Morgan fingerprint density at radius 1 is 1.47 bits per heavy atom. The zero-order valence-corrected chi connectivity index (χ0v) is 10.1. The molecule has 1 unspecified atom stereocenters. The Balaban J connectivity index is 2.74. The van der Waals surface area contributed by atoms with Gasteiger partial charge in [-0.05, 0) is 20.2 Å². The molecule has 17 heavy (non-hydrogen) atoms. The fourth-order valence-corrected chi connectivity index (χ4v) is 1.34. The summed E-state index contributed by atoms with van der Waals surface area (Å²) in [6.45, 7) is 1.26. The Bertz CT molecular complexity index is 380. The van der Waals surface area contributed by atoms with Crippen LogP contribution in [0.4, 0.5) is 0 Å². The third-order valence-corrected chi connectivity index (χ3v) is 2.32. The van der Waals surface area contributed by atoms with Crippen LogP contribution in [0.25, 0.3) is 0 Å². The first-order valence-corrected chi connectivity index (χ1v) is 5.37. The maximum Gasteiger partial charge on any atom is 0.325 e. The molecule has 5 heteroatoms. The van der Waals surface area contributed by atoms with E-state index in [1.165, 1.54) is 0 Å². The third-order valence-electron chi connectivity index (χ3n) is 2.32. The molecule has 0 aliphatic rings. The lowest BCUT2D eigenvalue weighted by molar-refractivity contribution is -0.138. The fraction of sp³-hybridized carbons (Fsp3) is 0.417. The number of aliphatic carboxylic acids is 1. The second kappa shape index (κ2) is 6.22. The summed E-state index contributed by atoms with van der Waals surface area (Å²) in [4.78, 5) is 12.8. The molecule has 0 bridgehead atoms. The molecule has 0 saturated carbocycles. The smallest absolute Gasteiger partial charge is 0.325 e. The molecule has 0 radical (unpaired) electrons. The van der Waals surface area contributed by atoms with Gasteiger partial charge in [0.25, 0.3) is 0 Å². The number of hydrogen-bond acceptors (Lipinski definition) is 4. The first kappa shape index (κ1) is 13.5. The van der Waals surface area contributed by atoms with Gasteiger partial charge in [-0.2, -0.15) is 0 Å². The van der Waals surface area contributed by atoms with Crippen LogP contribution in [0.1, 0.15) is 11.6 Å². The number of carboxylic acid groups (broad SMARTS) is 1. The number of likely N-dealkylation sites (N-methyl/N-ethyl adjacent to an activating group) is 1. The topological polar surface area (TPSA) is 75.8 Å². The summed E-state index contributed by atoms with van der Waals surface area (Å²) in [7, 11) is 3.89. The highest BCUT2D eigenvalue weighted by atomic mass is 16.5. The van der Waals surface area contributed by atoms with Crippen LogP contribution in [-0.4, -0.2) is 43.2 Å². The van der Waals surface area contributed by atoms with Crippen molar-refractivity contribution in [1.29, 1.82) is 0 Å². The molecule has 0 fully saturated rings. The van der Waals surface area contributed by atoms with E-state index in [4.69, 9.17) is 15.6 Å². The Morgan fingerprint density at radius 2 is 2.12 bits per heavy atom. The van der Waals surface area contributed by atoms with Crippen LogP contribution in [0.2, 0.25) is 0 Å². The molecule has 1 aromatic carbocycles. The summed E-state index contributed by atoms with van der Waals surface area (Å²) < 4.78 is 5.53. The minimum Gasteiger partial charge on any atom is -0.492 e. The van der Waals surface area contributed by atoms with Gasteiger partial charge in [0, 0.05) is 12.1 Å². The standard InChI is InChI=1S/C12H18N2O3/c1-14(2)7-8-17-10-6-4-3-5-9(10)11(13)12(15)16/h3-6,11H,7-8,13H2,1-2H3,(H,15,16). The Labute approximate surface area is 101 Å². The summed E-state index contributed by atoms with van der Waals surface area (Å²) in [5.41, 5.74) is 6.08. The van der Waals surface area contributed by atoms with E-state index in [2.05, 4.69) is 0 Å². The highest BCUT2D eigenvalue weighted by Gasteiger charge is 2.18. The number of nitrogens with zero attached hydrogens (tertiary/aromatic N) is 1. The number of hydrogen-bond donors (Lipinski definition) is 2. The van der Waals surface area contributed by atoms with E-state index >= 15 is 0 Å².